The molecule has 3 heterocycles. The van der Waals surface area contributed by atoms with Crippen molar-refractivity contribution >= 4 is 17.4 Å². The van der Waals surface area contributed by atoms with Gasteiger partial charge in [0.2, 0.25) is 0 Å². The number of furan rings is 1. The van der Waals surface area contributed by atoms with Crippen LogP contribution in [0.5, 0.6) is 0 Å². The monoisotopic (exact) mass is 432 g/mol. The largest absolute Gasteiger partial charge is 0.467 e. The smallest absolute Gasteiger partial charge is 0.410 e. The van der Waals surface area contributed by atoms with Gasteiger partial charge >= 0.3 is 6.18 Å². The lowest BCUT2D eigenvalue weighted by molar-refractivity contribution is -0.174. The SMILES string of the molecule is CC(C)(C)c1ccccc1NC(=O)c1cc2n(n1)C(C(F)(F)F)CC(c1ccco1)N2. The van der Waals surface area contributed by atoms with Crippen LogP contribution in [0.25, 0.3) is 0 Å². The normalized spacial score (nSPS) is 18.9. The van der Waals surface area contributed by atoms with Crippen molar-refractivity contribution in [2.75, 3.05) is 10.6 Å². The van der Waals surface area contributed by atoms with Crippen LogP contribution in [0.4, 0.5) is 24.7 Å². The predicted molar refractivity (Wildman–Crippen MR) is 110 cm³/mol. The first-order chi connectivity index (χ1) is 14.5. The Kier molecular flexibility index (Phi) is 5.07. The number of aromatic nitrogens is 2. The third-order valence-corrected chi connectivity index (χ3v) is 5.29. The molecule has 4 rings (SSSR count). The standard InChI is InChI=1S/C22H23F3N4O2/c1-21(2,3)13-7-4-5-8-14(13)27-20(30)16-12-19-26-15(17-9-6-10-31-17)11-18(22(23,24)25)29(19)28-16/h4-10,12,15,18,26H,11H2,1-3H3,(H,27,30). The van der Waals surface area contributed by atoms with E-state index in [0.29, 0.717) is 11.4 Å². The first kappa shape index (κ1) is 21.0. The van der Waals surface area contributed by atoms with Crippen LogP contribution in [-0.2, 0) is 5.41 Å². The van der Waals surface area contributed by atoms with Crippen molar-refractivity contribution in [2.24, 2.45) is 0 Å². The molecule has 31 heavy (non-hydrogen) atoms. The molecule has 2 atom stereocenters. The first-order valence-electron chi connectivity index (χ1n) is 9.91. The Labute approximate surface area is 177 Å². The number of benzene rings is 1. The van der Waals surface area contributed by atoms with Crippen molar-refractivity contribution in [3.05, 3.63) is 65.7 Å². The van der Waals surface area contributed by atoms with E-state index in [1.807, 2.05) is 32.9 Å². The molecule has 6 nitrogen and oxygen atoms in total. The summed E-state index contributed by atoms with van der Waals surface area (Å²) in [4.78, 5) is 12.9. The molecule has 1 aliphatic heterocycles. The number of halogens is 3. The van der Waals surface area contributed by atoms with Crippen molar-refractivity contribution in [3.63, 3.8) is 0 Å². The summed E-state index contributed by atoms with van der Waals surface area (Å²) in [6.45, 7) is 6.04. The zero-order valence-corrected chi connectivity index (χ0v) is 17.3. The molecule has 0 fully saturated rings. The minimum absolute atomic E-state index is 0.0967. The quantitative estimate of drug-likeness (QED) is 0.558. The number of amides is 1. The number of anilines is 2. The van der Waals surface area contributed by atoms with Crippen LogP contribution in [-0.4, -0.2) is 21.9 Å². The van der Waals surface area contributed by atoms with Gasteiger partial charge in [-0.15, -0.1) is 0 Å². The summed E-state index contributed by atoms with van der Waals surface area (Å²) in [5.74, 6) is -0.0630. The van der Waals surface area contributed by atoms with Crippen molar-refractivity contribution in [2.45, 2.75) is 50.9 Å². The summed E-state index contributed by atoms with van der Waals surface area (Å²) >= 11 is 0. The highest BCUT2D eigenvalue weighted by Gasteiger charge is 2.47. The van der Waals surface area contributed by atoms with Crippen molar-refractivity contribution in [1.29, 1.82) is 0 Å². The molecule has 2 unspecified atom stereocenters. The lowest BCUT2D eigenvalue weighted by atomic mass is 9.86. The number of nitrogens with zero attached hydrogens (tertiary/aromatic N) is 2. The van der Waals surface area contributed by atoms with E-state index in [0.717, 1.165) is 10.2 Å². The van der Waals surface area contributed by atoms with Gasteiger partial charge in [-0.1, -0.05) is 39.0 Å². The lowest BCUT2D eigenvalue weighted by Crippen LogP contribution is -2.35. The van der Waals surface area contributed by atoms with Gasteiger partial charge in [0.05, 0.1) is 12.3 Å². The van der Waals surface area contributed by atoms with E-state index in [9.17, 15) is 18.0 Å². The maximum absolute atomic E-state index is 13.8. The van der Waals surface area contributed by atoms with E-state index >= 15 is 0 Å². The number of fused-ring (bicyclic) bond motifs is 1. The van der Waals surface area contributed by atoms with E-state index in [1.165, 1.54) is 12.3 Å². The second-order valence-electron chi connectivity index (χ2n) is 8.61. The molecule has 0 spiro atoms. The Bertz CT molecular complexity index is 1080. The van der Waals surface area contributed by atoms with Gasteiger partial charge in [0.1, 0.15) is 11.6 Å². The second kappa shape index (κ2) is 7.47. The van der Waals surface area contributed by atoms with Crippen LogP contribution in [0.2, 0.25) is 0 Å². The molecule has 1 aromatic carbocycles. The summed E-state index contributed by atoms with van der Waals surface area (Å²) in [5.41, 5.74) is 1.19. The average molecular weight is 432 g/mol. The van der Waals surface area contributed by atoms with Gasteiger partial charge in [-0.2, -0.15) is 18.3 Å². The maximum Gasteiger partial charge on any atom is 0.410 e. The Balaban J connectivity index is 1.65. The molecular formula is C22H23F3N4O2. The molecule has 0 saturated carbocycles. The number of alkyl halides is 3. The van der Waals surface area contributed by atoms with Gasteiger partial charge in [-0.3, -0.25) is 4.79 Å². The van der Waals surface area contributed by atoms with Crippen LogP contribution in [0, 0.1) is 0 Å². The number of carbonyl (C=O) groups excluding carboxylic acids is 1. The number of rotatable bonds is 3. The van der Waals surface area contributed by atoms with Crippen LogP contribution >= 0.6 is 0 Å². The molecule has 1 aliphatic rings. The number of nitrogens with one attached hydrogen (secondary N) is 2. The van der Waals surface area contributed by atoms with E-state index in [1.54, 1.807) is 24.3 Å². The third kappa shape index (κ3) is 4.17. The van der Waals surface area contributed by atoms with Gasteiger partial charge < -0.3 is 15.1 Å². The van der Waals surface area contributed by atoms with Gasteiger partial charge in [0.15, 0.2) is 11.7 Å². The molecule has 164 valence electrons. The van der Waals surface area contributed by atoms with E-state index in [4.69, 9.17) is 4.42 Å². The molecule has 3 aromatic rings. The zero-order chi connectivity index (χ0) is 22.4. The molecule has 0 radical (unpaired) electrons. The first-order valence-corrected chi connectivity index (χ1v) is 9.91. The van der Waals surface area contributed by atoms with E-state index in [-0.39, 0.29) is 23.3 Å². The molecule has 1 amide bonds. The molecule has 2 aromatic heterocycles. The minimum Gasteiger partial charge on any atom is -0.467 e. The minimum atomic E-state index is -4.53. The van der Waals surface area contributed by atoms with Crippen LogP contribution in [0.1, 0.15) is 61.1 Å². The summed E-state index contributed by atoms with van der Waals surface area (Å²) in [6.07, 6.45) is -3.41. The summed E-state index contributed by atoms with van der Waals surface area (Å²) in [7, 11) is 0. The van der Waals surface area contributed by atoms with Crippen LogP contribution < -0.4 is 10.6 Å². The lowest BCUT2D eigenvalue weighted by Gasteiger charge is -2.32. The Hall–Kier alpha value is -3.23. The fraction of sp³-hybridized carbons (Fsp3) is 0.364. The van der Waals surface area contributed by atoms with Gasteiger partial charge in [0.25, 0.3) is 5.91 Å². The molecule has 0 aliphatic carbocycles. The zero-order valence-electron chi connectivity index (χ0n) is 17.3. The Morgan fingerprint density at radius 3 is 2.58 bits per heavy atom. The van der Waals surface area contributed by atoms with Crippen molar-refractivity contribution < 1.29 is 22.4 Å². The molecule has 0 saturated heterocycles. The summed E-state index contributed by atoms with van der Waals surface area (Å²) in [6, 6.07) is 9.36. The molecule has 0 bridgehead atoms. The van der Waals surface area contributed by atoms with E-state index in [2.05, 4.69) is 15.7 Å². The fourth-order valence-electron chi connectivity index (χ4n) is 3.79. The highest BCUT2D eigenvalue weighted by Crippen LogP contribution is 2.43. The van der Waals surface area contributed by atoms with Gasteiger partial charge in [-0.05, 0) is 29.2 Å². The fourth-order valence-corrected chi connectivity index (χ4v) is 3.79. The third-order valence-electron chi connectivity index (χ3n) is 5.29. The average Bonchev–Trinajstić information content (AvgIpc) is 3.35. The van der Waals surface area contributed by atoms with Crippen molar-refractivity contribution in [3.8, 4) is 0 Å². The predicted octanol–water partition coefficient (Wildman–Crippen LogP) is 5.69. The number of hydrogen-bond acceptors (Lipinski definition) is 4. The summed E-state index contributed by atoms with van der Waals surface area (Å²) < 4.78 is 47.4. The van der Waals surface area contributed by atoms with Gasteiger partial charge in [-0.25, -0.2) is 4.68 Å². The highest BCUT2D eigenvalue weighted by molar-refractivity contribution is 6.03. The molecule has 2 N–H and O–H groups in total. The second-order valence-corrected chi connectivity index (χ2v) is 8.61. The molecule has 9 heteroatoms. The Morgan fingerprint density at radius 2 is 1.94 bits per heavy atom. The number of carbonyl (C=O) groups is 1. The van der Waals surface area contributed by atoms with Crippen LogP contribution in [0.3, 0.4) is 0 Å². The van der Waals surface area contributed by atoms with Gasteiger partial charge in [0, 0.05) is 18.2 Å². The maximum atomic E-state index is 13.8. The number of para-hydroxylation sites is 1. The number of hydrogen-bond donors (Lipinski definition) is 2. The Morgan fingerprint density at radius 1 is 1.19 bits per heavy atom. The summed E-state index contributed by atoms with van der Waals surface area (Å²) in [5, 5.41) is 9.79. The van der Waals surface area contributed by atoms with Crippen LogP contribution in [0.15, 0.2) is 53.1 Å². The van der Waals surface area contributed by atoms with Crippen molar-refractivity contribution in [1.82, 2.24) is 9.78 Å². The van der Waals surface area contributed by atoms with E-state index < -0.39 is 24.2 Å². The molecular weight excluding hydrogens is 409 g/mol. The topological polar surface area (TPSA) is 72.1 Å². The highest BCUT2D eigenvalue weighted by atomic mass is 19.4.